The summed E-state index contributed by atoms with van der Waals surface area (Å²) in [5, 5.41) is 7.08. The first-order valence-corrected chi connectivity index (χ1v) is 16.8. The zero-order valence-electron chi connectivity index (χ0n) is 25.2. The van der Waals surface area contributed by atoms with E-state index in [0.29, 0.717) is 11.0 Å². The zero-order chi connectivity index (χ0) is 34.5. The highest BCUT2D eigenvalue weighted by atomic mass is 79.9. The van der Waals surface area contributed by atoms with Gasteiger partial charge in [0.1, 0.15) is 12.4 Å². The molecule has 0 aliphatic carbocycles. The van der Waals surface area contributed by atoms with Crippen LogP contribution in [0.15, 0.2) is 71.2 Å². The van der Waals surface area contributed by atoms with Crippen LogP contribution >= 0.6 is 50.7 Å². The number of halogens is 7. The third-order valence-electron chi connectivity index (χ3n) is 6.95. The van der Waals surface area contributed by atoms with Crippen molar-refractivity contribution in [2.75, 3.05) is 19.7 Å². The van der Waals surface area contributed by atoms with Crippen LogP contribution in [0.1, 0.15) is 60.0 Å². The summed E-state index contributed by atoms with van der Waals surface area (Å²) < 4.78 is 44.3. The van der Waals surface area contributed by atoms with Gasteiger partial charge in [-0.3, -0.25) is 14.9 Å². The SMILES string of the molecule is O=C(NCCOc1c(Br)cc(C(=O)NCCCCCCCCc2ccccc2)cc1-c1cccc(C(F)(F)F)c1)NC(=O)C(Cl)(Cl)Cl. The van der Waals surface area contributed by atoms with Crippen LogP contribution in [0.25, 0.3) is 11.1 Å². The molecule has 0 spiro atoms. The number of aryl methyl sites for hydroxylation is 1. The lowest BCUT2D eigenvalue weighted by Crippen LogP contribution is -2.45. The van der Waals surface area contributed by atoms with E-state index in [1.54, 1.807) is 0 Å². The molecule has 0 unspecified atom stereocenters. The Morgan fingerprint density at radius 2 is 1.47 bits per heavy atom. The molecule has 14 heteroatoms. The number of carbonyl (C=O) groups is 3. The lowest BCUT2D eigenvalue weighted by atomic mass is 9.99. The van der Waals surface area contributed by atoms with Crippen LogP contribution in [0.3, 0.4) is 0 Å². The quantitative estimate of drug-likeness (QED) is 0.106. The number of nitrogens with one attached hydrogen (secondary N) is 3. The summed E-state index contributed by atoms with van der Waals surface area (Å²) in [5.41, 5.74) is 1.08. The smallest absolute Gasteiger partial charge is 0.416 e. The van der Waals surface area contributed by atoms with Crippen molar-refractivity contribution < 1.29 is 32.3 Å². The molecule has 4 amide bonds. The summed E-state index contributed by atoms with van der Waals surface area (Å²) in [7, 11) is 0. The number of unbranched alkanes of at least 4 members (excludes halogenated alkanes) is 5. The molecular weight excluding hydrogens is 746 g/mol. The van der Waals surface area contributed by atoms with Gasteiger partial charge in [0.05, 0.1) is 16.6 Å². The number of amides is 4. The van der Waals surface area contributed by atoms with Gasteiger partial charge in [-0.15, -0.1) is 0 Å². The molecule has 0 aliphatic rings. The Kier molecular flexibility index (Phi) is 15.2. The fourth-order valence-electron chi connectivity index (χ4n) is 4.59. The van der Waals surface area contributed by atoms with Crippen LogP contribution < -0.4 is 20.7 Å². The summed E-state index contributed by atoms with van der Waals surface area (Å²) in [6.07, 6.45) is 2.67. The van der Waals surface area contributed by atoms with Gasteiger partial charge in [-0.05, 0) is 70.6 Å². The standard InChI is InChI=1S/C33H34BrCl3F3N3O4/c34-27-21-24(29(44)41-16-9-4-2-1-3-6-11-22-12-7-5-8-13-22)20-26(23-14-10-15-25(19-23)33(38,39)40)28(27)47-18-17-42-31(46)43-30(45)32(35,36)37/h5,7-8,10,12-15,19-21H,1-4,6,9,11,16-18H2,(H,41,44)(H2,42,43,45,46). The lowest BCUT2D eigenvalue weighted by molar-refractivity contribution is -0.137. The predicted octanol–water partition coefficient (Wildman–Crippen LogP) is 9.02. The van der Waals surface area contributed by atoms with Gasteiger partial charge in [0, 0.05) is 17.7 Å². The maximum absolute atomic E-state index is 13.5. The van der Waals surface area contributed by atoms with Gasteiger partial charge in [0.2, 0.25) is 0 Å². The summed E-state index contributed by atoms with van der Waals surface area (Å²) in [4.78, 5) is 36.6. The third-order valence-corrected chi connectivity index (χ3v) is 8.05. The number of ether oxygens (including phenoxy) is 1. The number of urea groups is 1. The van der Waals surface area contributed by atoms with Crippen LogP contribution in [-0.2, 0) is 17.4 Å². The van der Waals surface area contributed by atoms with Crippen molar-refractivity contribution in [2.45, 2.75) is 54.9 Å². The first kappa shape index (κ1) is 38.5. The van der Waals surface area contributed by atoms with E-state index in [9.17, 15) is 27.6 Å². The van der Waals surface area contributed by atoms with E-state index in [4.69, 9.17) is 39.5 Å². The number of hydrogen-bond donors (Lipinski definition) is 3. The molecule has 0 bridgehead atoms. The van der Waals surface area contributed by atoms with Crippen molar-refractivity contribution in [1.29, 1.82) is 0 Å². The third kappa shape index (κ3) is 13.2. The summed E-state index contributed by atoms with van der Waals surface area (Å²) in [6.45, 7) is 0.173. The number of alkyl halides is 6. The Morgan fingerprint density at radius 1 is 0.787 bits per heavy atom. The van der Waals surface area contributed by atoms with Gasteiger partial charge < -0.3 is 15.4 Å². The zero-order valence-corrected chi connectivity index (χ0v) is 29.1. The number of rotatable bonds is 15. The number of imide groups is 1. The lowest BCUT2D eigenvalue weighted by Gasteiger charge is -2.17. The highest BCUT2D eigenvalue weighted by Gasteiger charge is 2.32. The highest BCUT2D eigenvalue weighted by Crippen LogP contribution is 2.40. The molecule has 0 fully saturated rings. The van der Waals surface area contributed by atoms with Crippen LogP contribution in [0.5, 0.6) is 5.75 Å². The second kappa shape index (κ2) is 18.5. The monoisotopic (exact) mass is 777 g/mol. The van der Waals surface area contributed by atoms with Crippen LogP contribution in [-0.4, -0.2) is 41.3 Å². The Bertz CT molecular complexity index is 1510. The van der Waals surface area contributed by atoms with Crippen molar-refractivity contribution in [3.05, 3.63) is 87.9 Å². The average molecular weight is 780 g/mol. The number of carbonyl (C=O) groups excluding carboxylic acids is 3. The second-order valence-corrected chi connectivity index (χ2v) is 13.7. The van der Waals surface area contributed by atoms with Crippen molar-refractivity contribution in [3.63, 3.8) is 0 Å². The van der Waals surface area contributed by atoms with Crippen LogP contribution in [0.2, 0.25) is 0 Å². The maximum atomic E-state index is 13.5. The van der Waals surface area contributed by atoms with Crippen molar-refractivity contribution in [3.8, 4) is 16.9 Å². The van der Waals surface area contributed by atoms with Gasteiger partial charge in [-0.25, -0.2) is 4.79 Å². The molecule has 0 saturated heterocycles. The van der Waals surface area contributed by atoms with Crippen molar-refractivity contribution in [2.24, 2.45) is 0 Å². The molecular formula is C33H34BrCl3F3N3O4. The second-order valence-electron chi connectivity index (χ2n) is 10.6. The van der Waals surface area contributed by atoms with E-state index in [2.05, 4.69) is 38.7 Å². The Balaban J connectivity index is 1.59. The van der Waals surface area contributed by atoms with Gasteiger partial charge in [-0.2, -0.15) is 13.2 Å². The minimum Gasteiger partial charge on any atom is -0.490 e. The summed E-state index contributed by atoms with van der Waals surface area (Å²) in [5.74, 6) is -1.39. The minimum absolute atomic E-state index is 0.122. The number of benzene rings is 3. The normalized spacial score (nSPS) is 11.6. The van der Waals surface area contributed by atoms with Gasteiger partial charge in [0.25, 0.3) is 15.6 Å². The Labute approximate surface area is 295 Å². The maximum Gasteiger partial charge on any atom is 0.416 e. The largest absolute Gasteiger partial charge is 0.490 e. The van der Waals surface area contributed by atoms with E-state index < -0.39 is 27.5 Å². The number of hydrogen-bond acceptors (Lipinski definition) is 4. The molecule has 3 N–H and O–H groups in total. The molecule has 0 aromatic heterocycles. The fraction of sp³-hybridized carbons (Fsp3) is 0.364. The molecule has 0 saturated carbocycles. The van der Waals surface area contributed by atoms with E-state index in [-0.39, 0.29) is 41.5 Å². The highest BCUT2D eigenvalue weighted by molar-refractivity contribution is 9.10. The van der Waals surface area contributed by atoms with Gasteiger partial charge >= 0.3 is 12.2 Å². The molecule has 254 valence electrons. The predicted molar refractivity (Wildman–Crippen MR) is 182 cm³/mol. The van der Waals surface area contributed by atoms with E-state index in [1.165, 1.54) is 29.8 Å². The van der Waals surface area contributed by atoms with Crippen molar-refractivity contribution in [1.82, 2.24) is 16.0 Å². The summed E-state index contributed by atoms with van der Waals surface area (Å²) >= 11 is 19.7. The topological polar surface area (TPSA) is 96.5 Å². The molecule has 0 atom stereocenters. The van der Waals surface area contributed by atoms with E-state index in [0.717, 1.165) is 57.1 Å². The average Bonchev–Trinajstić information content (AvgIpc) is 3.02. The first-order valence-electron chi connectivity index (χ1n) is 14.9. The van der Waals surface area contributed by atoms with E-state index >= 15 is 0 Å². The minimum atomic E-state index is -4.59. The van der Waals surface area contributed by atoms with Gasteiger partial charge in [0.15, 0.2) is 0 Å². The molecule has 3 aromatic carbocycles. The molecule has 7 nitrogen and oxygen atoms in total. The summed E-state index contributed by atoms with van der Waals surface area (Å²) in [6, 6.07) is 17.0. The van der Waals surface area contributed by atoms with Crippen molar-refractivity contribution >= 4 is 68.6 Å². The molecule has 0 radical (unpaired) electrons. The molecule has 3 rings (SSSR count). The molecule has 0 heterocycles. The van der Waals surface area contributed by atoms with Gasteiger partial charge in [-0.1, -0.05) is 103 Å². The van der Waals surface area contributed by atoms with E-state index in [1.807, 2.05) is 23.5 Å². The van der Waals surface area contributed by atoms with Crippen LogP contribution in [0, 0.1) is 0 Å². The molecule has 3 aromatic rings. The first-order chi connectivity index (χ1) is 22.3. The fourth-order valence-corrected chi connectivity index (χ4v) is 5.31. The Hall–Kier alpha value is -2.99. The molecule has 0 aliphatic heterocycles. The Morgan fingerprint density at radius 3 is 2.15 bits per heavy atom. The molecule has 47 heavy (non-hydrogen) atoms. The van der Waals surface area contributed by atoms with Crippen LogP contribution in [0.4, 0.5) is 18.0 Å².